The molecular formula is C18H19NO3. The summed E-state index contributed by atoms with van der Waals surface area (Å²) in [5.41, 5.74) is 2.80. The van der Waals surface area contributed by atoms with E-state index in [1.807, 2.05) is 61.5 Å². The second kappa shape index (κ2) is 6.10. The molecule has 4 heteroatoms. The van der Waals surface area contributed by atoms with Crippen LogP contribution in [0.3, 0.4) is 0 Å². The largest absolute Gasteiger partial charge is 0.497 e. The quantitative estimate of drug-likeness (QED) is 0.809. The van der Waals surface area contributed by atoms with Crippen LogP contribution in [0.25, 0.3) is 0 Å². The van der Waals surface area contributed by atoms with Crippen molar-refractivity contribution >= 4 is 5.71 Å². The van der Waals surface area contributed by atoms with E-state index < -0.39 is 0 Å². The summed E-state index contributed by atoms with van der Waals surface area (Å²) in [7, 11) is 1.64. The first-order chi connectivity index (χ1) is 10.7. The maximum absolute atomic E-state index is 12.1. The lowest BCUT2D eigenvalue weighted by Gasteiger charge is -2.30. The molecular weight excluding hydrogens is 278 g/mol. The van der Waals surface area contributed by atoms with Gasteiger partial charge in [-0.1, -0.05) is 42.5 Å². The van der Waals surface area contributed by atoms with Crippen molar-refractivity contribution in [1.29, 1.82) is 0 Å². The van der Waals surface area contributed by atoms with Crippen molar-refractivity contribution in [2.24, 2.45) is 0 Å². The van der Waals surface area contributed by atoms with Crippen molar-refractivity contribution in [2.75, 3.05) is 7.11 Å². The van der Waals surface area contributed by atoms with Crippen molar-refractivity contribution in [2.45, 2.75) is 25.4 Å². The molecule has 2 atom stereocenters. The number of methoxy groups -OCH3 is 1. The van der Waals surface area contributed by atoms with Crippen LogP contribution in [0.1, 0.15) is 36.5 Å². The number of rotatable bonds is 3. The summed E-state index contributed by atoms with van der Waals surface area (Å²) in [6.07, 6.45) is 0.524. The molecule has 0 saturated heterocycles. The molecule has 1 heterocycles. The molecule has 0 amide bonds. The molecule has 114 valence electrons. The molecule has 3 rings (SSSR count). The van der Waals surface area contributed by atoms with E-state index in [0.717, 1.165) is 23.3 Å². The first-order valence-electron chi connectivity index (χ1n) is 7.35. The Kier molecular flexibility index (Phi) is 4.00. The Labute approximate surface area is 130 Å². The average molecular weight is 297 g/mol. The lowest BCUT2D eigenvalue weighted by molar-refractivity contribution is -0.761. The van der Waals surface area contributed by atoms with Crippen molar-refractivity contribution in [3.8, 4) is 5.75 Å². The molecule has 0 N–H and O–H groups in total. The minimum absolute atomic E-state index is 0.0439. The number of nitrogens with zero attached hydrogens (tertiary/aromatic N) is 1. The number of hydrogen-bond donors (Lipinski definition) is 0. The summed E-state index contributed by atoms with van der Waals surface area (Å²) in [6.45, 7) is 1.82. The van der Waals surface area contributed by atoms with Crippen LogP contribution in [-0.2, 0) is 4.84 Å². The van der Waals surface area contributed by atoms with E-state index in [-0.39, 0.29) is 12.0 Å². The van der Waals surface area contributed by atoms with Crippen molar-refractivity contribution in [1.82, 2.24) is 0 Å². The Hall–Kier alpha value is -2.49. The fourth-order valence-electron chi connectivity index (χ4n) is 2.83. The number of hydrogen-bond acceptors (Lipinski definition) is 3. The van der Waals surface area contributed by atoms with Gasteiger partial charge < -0.3 is 9.57 Å². The minimum atomic E-state index is -0.227. The summed E-state index contributed by atoms with van der Waals surface area (Å²) in [5.74, 6) is 0.856. The second-order valence-corrected chi connectivity index (χ2v) is 5.46. The van der Waals surface area contributed by atoms with Gasteiger partial charge in [-0.25, -0.2) is 0 Å². The van der Waals surface area contributed by atoms with Crippen LogP contribution in [0.2, 0.25) is 0 Å². The van der Waals surface area contributed by atoms with Crippen LogP contribution >= 0.6 is 0 Å². The van der Waals surface area contributed by atoms with Gasteiger partial charge in [0.2, 0.25) is 5.71 Å². The van der Waals surface area contributed by atoms with Gasteiger partial charge in [-0.05, 0) is 29.7 Å². The smallest absolute Gasteiger partial charge is 0.226 e. The molecule has 1 aliphatic rings. The molecule has 1 aliphatic heterocycles. The van der Waals surface area contributed by atoms with Crippen LogP contribution in [0, 0.1) is 5.21 Å². The Morgan fingerprint density at radius 3 is 2.36 bits per heavy atom. The monoisotopic (exact) mass is 297 g/mol. The van der Waals surface area contributed by atoms with Gasteiger partial charge in [-0.15, -0.1) is 0 Å². The van der Waals surface area contributed by atoms with E-state index in [1.54, 1.807) is 7.11 Å². The normalized spacial score (nSPS) is 21.4. The van der Waals surface area contributed by atoms with Crippen LogP contribution < -0.4 is 4.74 Å². The molecule has 2 aromatic rings. The van der Waals surface area contributed by atoms with E-state index in [0.29, 0.717) is 10.6 Å². The molecule has 0 bridgehead atoms. The maximum Gasteiger partial charge on any atom is 0.226 e. The molecule has 0 spiro atoms. The van der Waals surface area contributed by atoms with Crippen LogP contribution in [0.4, 0.5) is 0 Å². The van der Waals surface area contributed by atoms with E-state index in [2.05, 4.69) is 0 Å². The van der Waals surface area contributed by atoms with Gasteiger partial charge in [0, 0.05) is 11.8 Å². The third-order valence-electron chi connectivity index (χ3n) is 4.15. The Bertz CT molecular complexity index is 664. The summed E-state index contributed by atoms with van der Waals surface area (Å²) in [4.78, 5) is 6.16. The average Bonchev–Trinajstić information content (AvgIpc) is 2.58. The van der Waals surface area contributed by atoms with Gasteiger partial charge >= 0.3 is 0 Å². The molecule has 0 fully saturated rings. The SMILES string of the molecule is COc1ccc([C@@H]2C[C@H](c3ccccc3)O[N+]([O-])=C2C)cc1. The molecule has 22 heavy (non-hydrogen) atoms. The van der Waals surface area contributed by atoms with Gasteiger partial charge in [-0.2, -0.15) is 0 Å². The number of ether oxygens (including phenoxy) is 1. The summed E-state index contributed by atoms with van der Waals surface area (Å²) < 4.78 is 5.19. The predicted molar refractivity (Wildman–Crippen MR) is 84.9 cm³/mol. The molecule has 0 radical (unpaired) electrons. The van der Waals surface area contributed by atoms with Crippen LogP contribution in [0.15, 0.2) is 54.6 Å². The van der Waals surface area contributed by atoms with E-state index in [1.165, 1.54) is 0 Å². The molecule has 0 aromatic heterocycles. The fourth-order valence-corrected chi connectivity index (χ4v) is 2.83. The molecule has 4 nitrogen and oxygen atoms in total. The third-order valence-corrected chi connectivity index (χ3v) is 4.15. The van der Waals surface area contributed by atoms with Crippen molar-refractivity contribution in [3.63, 3.8) is 0 Å². The Balaban J connectivity index is 1.90. The zero-order valence-corrected chi connectivity index (χ0v) is 12.7. The van der Waals surface area contributed by atoms with Gasteiger partial charge in [0.1, 0.15) is 5.75 Å². The number of benzene rings is 2. The lowest BCUT2D eigenvalue weighted by Crippen LogP contribution is -2.30. The fraction of sp³-hybridized carbons (Fsp3) is 0.278. The highest BCUT2D eigenvalue weighted by molar-refractivity contribution is 5.84. The summed E-state index contributed by atoms with van der Waals surface area (Å²) in [5, 5.41) is 12.1. The standard InChI is InChI=1S/C18H19NO3/c1-13-17(14-8-10-16(21-2)11-9-14)12-18(22-19(13)20)15-6-4-3-5-7-15/h3-11,17-18H,12H2,1-2H3/t17-,18-/m1/s1. The second-order valence-electron chi connectivity index (χ2n) is 5.46. The highest BCUT2D eigenvalue weighted by atomic mass is 16.9. The van der Waals surface area contributed by atoms with Crippen LogP contribution in [-0.4, -0.2) is 17.7 Å². The lowest BCUT2D eigenvalue weighted by atomic mass is 9.86. The van der Waals surface area contributed by atoms with E-state index in [9.17, 15) is 5.21 Å². The summed E-state index contributed by atoms with van der Waals surface area (Å²) in [6, 6.07) is 17.7. The van der Waals surface area contributed by atoms with E-state index >= 15 is 0 Å². The first kappa shape index (κ1) is 14.4. The van der Waals surface area contributed by atoms with Gasteiger partial charge in [0.05, 0.1) is 19.1 Å². The zero-order chi connectivity index (χ0) is 15.5. The van der Waals surface area contributed by atoms with Gasteiger partial charge in [-0.3, -0.25) is 5.21 Å². The highest BCUT2D eigenvalue weighted by Crippen LogP contribution is 2.35. The maximum atomic E-state index is 12.1. The van der Waals surface area contributed by atoms with Gasteiger partial charge in [0.25, 0.3) is 0 Å². The third kappa shape index (κ3) is 2.77. The Morgan fingerprint density at radius 1 is 1.05 bits per heavy atom. The predicted octanol–water partition coefficient (Wildman–Crippen LogP) is 3.83. The molecule has 0 aliphatic carbocycles. The van der Waals surface area contributed by atoms with E-state index in [4.69, 9.17) is 9.57 Å². The molecule has 2 aromatic carbocycles. The topological polar surface area (TPSA) is 44.5 Å². The summed E-state index contributed by atoms with van der Waals surface area (Å²) >= 11 is 0. The molecule has 0 saturated carbocycles. The molecule has 0 unspecified atom stereocenters. The van der Waals surface area contributed by atoms with Gasteiger partial charge in [0.15, 0.2) is 0 Å². The minimum Gasteiger partial charge on any atom is -0.497 e. The zero-order valence-electron chi connectivity index (χ0n) is 12.7. The first-order valence-corrected chi connectivity index (χ1v) is 7.35. The van der Waals surface area contributed by atoms with Crippen LogP contribution in [0.5, 0.6) is 5.75 Å². The van der Waals surface area contributed by atoms with Crippen molar-refractivity contribution in [3.05, 3.63) is 70.9 Å². The van der Waals surface area contributed by atoms with Crippen molar-refractivity contribution < 1.29 is 14.5 Å². The Morgan fingerprint density at radius 2 is 1.73 bits per heavy atom. The highest BCUT2D eigenvalue weighted by Gasteiger charge is 2.32.